The number of alkyl halides is 3. The Bertz CT molecular complexity index is 733. The van der Waals surface area contributed by atoms with Crippen molar-refractivity contribution < 1.29 is 17.9 Å². The van der Waals surface area contributed by atoms with Gasteiger partial charge in [-0.25, -0.2) is 0 Å². The normalized spacial score (nSPS) is 25.4. The minimum Gasteiger partial charge on any atom is -0.405 e. The van der Waals surface area contributed by atoms with Crippen molar-refractivity contribution in [2.24, 2.45) is 4.99 Å². The van der Waals surface area contributed by atoms with Gasteiger partial charge >= 0.3 is 6.36 Å². The van der Waals surface area contributed by atoms with E-state index in [4.69, 9.17) is 0 Å². The van der Waals surface area contributed by atoms with Crippen molar-refractivity contribution in [3.8, 4) is 5.75 Å². The number of piperidine rings is 1. The van der Waals surface area contributed by atoms with Crippen LogP contribution in [0.3, 0.4) is 0 Å². The summed E-state index contributed by atoms with van der Waals surface area (Å²) in [4.78, 5) is 7.12. The van der Waals surface area contributed by atoms with Gasteiger partial charge in [0.25, 0.3) is 0 Å². The third kappa shape index (κ3) is 6.38. The molecule has 2 unspecified atom stereocenters. The van der Waals surface area contributed by atoms with Crippen LogP contribution >= 0.6 is 24.0 Å². The summed E-state index contributed by atoms with van der Waals surface area (Å²) in [5.41, 5.74) is 0.593. The highest BCUT2D eigenvalue weighted by Gasteiger charge is 2.42. The monoisotopic (exact) mass is 538 g/mol. The third-order valence-corrected chi connectivity index (χ3v) is 5.91. The quantitative estimate of drug-likeness (QED) is 0.323. The van der Waals surface area contributed by atoms with Gasteiger partial charge < -0.3 is 20.3 Å². The molecule has 2 saturated carbocycles. The summed E-state index contributed by atoms with van der Waals surface area (Å²) in [5, 5.41) is 6.95. The molecule has 1 heterocycles. The van der Waals surface area contributed by atoms with Gasteiger partial charge in [-0.1, -0.05) is 18.2 Å². The first-order valence-electron chi connectivity index (χ1n) is 10.6. The van der Waals surface area contributed by atoms with E-state index in [0.29, 0.717) is 18.2 Å². The molecule has 0 bridgehead atoms. The molecule has 0 radical (unpaired) electrons. The fourth-order valence-electron chi connectivity index (χ4n) is 4.21. The maximum Gasteiger partial charge on any atom is 0.573 e. The van der Waals surface area contributed by atoms with Gasteiger partial charge in [0.2, 0.25) is 0 Å². The van der Waals surface area contributed by atoms with E-state index in [9.17, 15) is 13.2 Å². The molecule has 3 aliphatic rings. The highest BCUT2D eigenvalue weighted by Crippen LogP contribution is 2.45. The fourth-order valence-corrected chi connectivity index (χ4v) is 4.21. The Labute approximate surface area is 192 Å². The summed E-state index contributed by atoms with van der Waals surface area (Å²) >= 11 is 0. The molecule has 30 heavy (non-hydrogen) atoms. The van der Waals surface area contributed by atoms with E-state index in [1.165, 1.54) is 18.9 Å². The number of rotatable bonds is 6. The van der Waals surface area contributed by atoms with Gasteiger partial charge in [-0.15, -0.1) is 37.1 Å². The second kappa shape index (κ2) is 9.93. The zero-order valence-corrected chi connectivity index (χ0v) is 19.5. The fraction of sp³-hybridized carbons (Fsp3) is 0.667. The predicted molar refractivity (Wildman–Crippen MR) is 122 cm³/mol. The van der Waals surface area contributed by atoms with E-state index in [-0.39, 0.29) is 41.7 Å². The molecule has 3 fully saturated rings. The largest absolute Gasteiger partial charge is 0.573 e. The lowest BCUT2D eigenvalue weighted by Gasteiger charge is -2.33. The van der Waals surface area contributed by atoms with Crippen LogP contribution in [0.2, 0.25) is 0 Å². The molecule has 0 aromatic heterocycles. The zero-order chi connectivity index (χ0) is 20.4. The molecule has 1 aliphatic heterocycles. The molecular weight excluding hydrogens is 508 g/mol. The number of ether oxygens (including phenoxy) is 1. The smallest absolute Gasteiger partial charge is 0.405 e. The number of likely N-dealkylation sites (tertiary alicyclic amines) is 1. The Morgan fingerprint density at radius 3 is 2.47 bits per heavy atom. The number of halogens is 4. The topological polar surface area (TPSA) is 48.9 Å². The van der Waals surface area contributed by atoms with E-state index >= 15 is 0 Å². The van der Waals surface area contributed by atoms with Gasteiger partial charge in [0.1, 0.15) is 5.75 Å². The number of aliphatic imine (C=N–C) groups is 1. The minimum atomic E-state index is -4.68. The minimum absolute atomic E-state index is 0. The molecule has 5 nitrogen and oxygen atoms in total. The summed E-state index contributed by atoms with van der Waals surface area (Å²) < 4.78 is 42.3. The number of guanidine groups is 1. The second-order valence-electron chi connectivity index (χ2n) is 8.19. The summed E-state index contributed by atoms with van der Waals surface area (Å²) in [6, 6.07) is 7.67. The number of hydrogen-bond donors (Lipinski definition) is 2. The van der Waals surface area contributed by atoms with Crippen molar-refractivity contribution in [3.05, 3.63) is 29.8 Å². The van der Waals surface area contributed by atoms with Crippen LogP contribution in [0.25, 0.3) is 0 Å². The van der Waals surface area contributed by atoms with Crippen LogP contribution in [0.15, 0.2) is 29.3 Å². The molecule has 168 valence electrons. The van der Waals surface area contributed by atoms with Gasteiger partial charge in [0.15, 0.2) is 5.96 Å². The molecule has 2 aliphatic carbocycles. The van der Waals surface area contributed by atoms with Crippen molar-refractivity contribution in [3.63, 3.8) is 0 Å². The van der Waals surface area contributed by atoms with Crippen LogP contribution < -0.4 is 15.4 Å². The average Bonchev–Trinajstić information content (AvgIpc) is 3.57. The maximum absolute atomic E-state index is 12.7. The summed E-state index contributed by atoms with van der Waals surface area (Å²) in [6.07, 6.45) is 0.951. The predicted octanol–water partition coefficient (Wildman–Crippen LogP) is 4.24. The zero-order valence-electron chi connectivity index (χ0n) is 17.1. The number of hydrogen-bond acceptors (Lipinski definition) is 3. The molecule has 1 saturated heterocycles. The molecule has 1 aromatic rings. The van der Waals surface area contributed by atoms with Crippen LogP contribution in [-0.2, 0) is 0 Å². The van der Waals surface area contributed by atoms with Gasteiger partial charge in [0.05, 0.1) is 0 Å². The van der Waals surface area contributed by atoms with Crippen LogP contribution in [0, 0.1) is 0 Å². The van der Waals surface area contributed by atoms with Crippen molar-refractivity contribution >= 4 is 29.9 Å². The number of para-hydroxylation sites is 1. The summed E-state index contributed by atoms with van der Waals surface area (Å²) in [7, 11) is 0. The molecule has 0 spiro atoms. The lowest BCUT2D eigenvalue weighted by Crippen LogP contribution is -2.49. The van der Waals surface area contributed by atoms with Crippen molar-refractivity contribution in [2.45, 2.75) is 69.4 Å². The van der Waals surface area contributed by atoms with Crippen molar-refractivity contribution in [1.82, 2.24) is 15.5 Å². The first-order valence-corrected chi connectivity index (χ1v) is 10.6. The van der Waals surface area contributed by atoms with E-state index in [1.807, 2.05) is 6.92 Å². The molecule has 1 aromatic carbocycles. The highest BCUT2D eigenvalue weighted by molar-refractivity contribution is 14.0. The van der Waals surface area contributed by atoms with E-state index in [2.05, 4.69) is 25.3 Å². The Morgan fingerprint density at radius 2 is 1.83 bits per heavy atom. The van der Waals surface area contributed by atoms with Crippen molar-refractivity contribution in [1.29, 1.82) is 0 Å². The molecule has 4 rings (SSSR count). The Hall–Kier alpha value is -1.23. The lowest BCUT2D eigenvalue weighted by molar-refractivity contribution is -0.274. The Morgan fingerprint density at radius 1 is 1.13 bits per heavy atom. The third-order valence-electron chi connectivity index (χ3n) is 5.91. The SMILES string of the molecule is CCN=C(NC1CCN(C2CC2)CC1)NC1CC1c1ccccc1OC(F)(F)F.I. The molecule has 9 heteroatoms. The molecule has 0 amide bonds. The average molecular weight is 538 g/mol. The van der Waals surface area contributed by atoms with E-state index in [0.717, 1.165) is 44.4 Å². The van der Waals surface area contributed by atoms with Gasteiger partial charge in [-0.2, -0.15) is 0 Å². The maximum atomic E-state index is 12.7. The Kier molecular flexibility index (Phi) is 7.76. The molecule has 2 atom stereocenters. The van der Waals surface area contributed by atoms with Crippen molar-refractivity contribution in [2.75, 3.05) is 19.6 Å². The number of nitrogens with zero attached hydrogens (tertiary/aromatic N) is 2. The van der Waals surface area contributed by atoms with Gasteiger partial charge in [-0.3, -0.25) is 4.99 Å². The molecule has 2 N–H and O–H groups in total. The lowest BCUT2D eigenvalue weighted by atomic mass is 10.1. The van der Waals surface area contributed by atoms with E-state index in [1.54, 1.807) is 18.2 Å². The summed E-state index contributed by atoms with van der Waals surface area (Å²) in [5.74, 6) is 0.650. The number of nitrogens with one attached hydrogen (secondary N) is 2. The standard InChI is InChI=1S/C21H29F3N4O.HI/c1-2-25-20(26-14-9-11-28(12-10-14)15-7-8-15)27-18-13-17(18)16-5-3-4-6-19(16)29-21(22,23)24;/h3-6,14-15,17-18H,2,7-13H2,1H3,(H2,25,26,27);1H. The molecular formula is C21H30F3IN4O. The first-order chi connectivity index (χ1) is 13.9. The second-order valence-corrected chi connectivity index (χ2v) is 8.19. The van der Waals surface area contributed by atoms with E-state index < -0.39 is 6.36 Å². The highest BCUT2D eigenvalue weighted by atomic mass is 127. The van der Waals surface area contributed by atoms with Gasteiger partial charge in [-0.05, 0) is 50.7 Å². The van der Waals surface area contributed by atoms with Crippen LogP contribution in [-0.4, -0.2) is 55.0 Å². The Balaban J connectivity index is 0.00000256. The van der Waals surface area contributed by atoms with Crippen LogP contribution in [0.1, 0.15) is 50.5 Å². The van der Waals surface area contributed by atoms with Crippen LogP contribution in [0.5, 0.6) is 5.75 Å². The summed E-state index contributed by atoms with van der Waals surface area (Å²) in [6.45, 7) is 4.88. The first kappa shape index (κ1) is 23.4. The van der Waals surface area contributed by atoms with Crippen LogP contribution in [0.4, 0.5) is 13.2 Å². The van der Waals surface area contributed by atoms with Gasteiger partial charge in [0, 0.05) is 43.7 Å². The number of benzene rings is 1.